The molecule has 3 heteroatoms. The maximum absolute atomic E-state index is 11.5. The van der Waals surface area contributed by atoms with E-state index in [0.29, 0.717) is 11.1 Å². The van der Waals surface area contributed by atoms with Crippen molar-refractivity contribution < 1.29 is 14.3 Å². The van der Waals surface area contributed by atoms with Gasteiger partial charge in [-0.3, -0.25) is 4.79 Å². The Hall–Kier alpha value is -2.42. The SMILES string of the molecule is COC(=O)c1cccc(-c2ccccc2C=O)c1. The monoisotopic (exact) mass is 240 g/mol. The highest BCUT2D eigenvalue weighted by Crippen LogP contribution is 2.23. The molecule has 0 spiro atoms. The van der Waals surface area contributed by atoms with Crippen molar-refractivity contribution in [2.75, 3.05) is 7.11 Å². The molecule has 0 atom stereocenters. The summed E-state index contributed by atoms with van der Waals surface area (Å²) in [6.07, 6.45) is 0.806. The Bertz CT molecular complexity index is 588. The molecule has 0 radical (unpaired) electrons. The highest BCUT2D eigenvalue weighted by molar-refractivity contribution is 5.93. The fourth-order valence-corrected chi connectivity index (χ4v) is 1.79. The van der Waals surface area contributed by atoms with Gasteiger partial charge < -0.3 is 4.74 Å². The van der Waals surface area contributed by atoms with Gasteiger partial charge in [0, 0.05) is 5.56 Å². The number of rotatable bonds is 3. The van der Waals surface area contributed by atoms with Gasteiger partial charge in [-0.1, -0.05) is 36.4 Å². The third-order valence-electron chi connectivity index (χ3n) is 2.68. The van der Waals surface area contributed by atoms with Crippen LogP contribution in [0.25, 0.3) is 11.1 Å². The third kappa shape index (κ3) is 2.30. The van der Waals surface area contributed by atoms with Crippen LogP contribution in [0, 0.1) is 0 Å². The number of aldehydes is 1. The molecule has 2 rings (SSSR count). The highest BCUT2D eigenvalue weighted by Gasteiger charge is 2.08. The van der Waals surface area contributed by atoms with Crippen LogP contribution < -0.4 is 0 Å². The molecule has 0 fully saturated rings. The Labute approximate surface area is 105 Å². The molecule has 0 heterocycles. The average molecular weight is 240 g/mol. The van der Waals surface area contributed by atoms with Crippen LogP contribution in [0.4, 0.5) is 0 Å². The Balaban J connectivity index is 2.51. The number of ether oxygens (including phenoxy) is 1. The topological polar surface area (TPSA) is 43.4 Å². The molecule has 2 aromatic rings. The van der Waals surface area contributed by atoms with Gasteiger partial charge in [-0.15, -0.1) is 0 Å². The minimum atomic E-state index is -0.388. The summed E-state index contributed by atoms with van der Waals surface area (Å²) in [5, 5.41) is 0. The lowest BCUT2D eigenvalue weighted by atomic mass is 9.99. The lowest BCUT2D eigenvalue weighted by molar-refractivity contribution is 0.0600. The molecule has 0 saturated carbocycles. The first-order valence-corrected chi connectivity index (χ1v) is 5.49. The van der Waals surface area contributed by atoms with E-state index in [1.54, 1.807) is 30.3 Å². The number of esters is 1. The van der Waals surface area contributed by atoms with Gasteiger partial charge in [-0.2, -0.15) is 0 Å². The van der Waals surface area contributed by atoms with Crippen molar-refractivity contribution in [3.8, 4) is 11.1 Å². The minimum absolute atomic E-state index is 0.388. The minimum Gasteiger partial charge on any atom is -0.465 e. The second kappa shape index (κ2) is 5.27. The lowest BCUT2D eigenvalue weighted by Gasteiger charge is -2.06. The fourth-order valence-electron chi connectivity index (χ4n) is 1.79. The fraction of sp³-hybridized carbons (Fsp3) is 0.0667. The van der Waals surface area contributed by atoms with Gasteiger partial charge in [0.1, 0.15) is 0 Å². The molecule has 0 aliphatic rings. The van der Waals surface area contributed by atoms with Crippen molar-refractivity contribution in [2.45, 2.75) is 0 Å². The maximum atomic E-state index is 11.5. The molecule has 3 nitrogen and oxygen atoms in total. The predicted octanol–water partition coefficient (Wildman–Crippen LogP) is 2.95. The van der Waals surface area contributed by atoms with Gasteiger partial charge in [0.2, 0.25) is 0 Å². The first-order chi connectivity index (χ1) is 8.76. The van der Waals surface area contributed by atoms with E-state index in [1.165, 1.54) is 7.11 Å². The van der Waals surface area contributed by atoms with Crippen molar-refractivity contribution in [1.82, 2.24) is 0 Å². The number of hydrogen-bond acceptors (Lipinski definition) is 3. The number of carbonyl (C=O) groups is 2. The van der Waals surface area contributed by atoms with Crippen LogP contribution in [-0.4, -0.2) is 19.4 Å². The van der Waals surface area contributed by atoms with Crippen molar-refractivity contribution >= 4 is 12.3 Å². The van der Waals surface area contributed by atoms with E-state index in [-0.39, 0.29) is 5.97 Å². The summed E-state index contributed by atoms with van der Waals surface area (Å²) in [6, 6.07) is 14.3. The molecular formula is C15H12O3. The lowest BCUT2D eigenvalue weighted by Crippen LogP contribution is -2.01. The predicted molar refractivity (Wildman–Crippen MR) is 68.6 cm³/mol. The summed E-state index contributed by atoms with van der Waals surface area (Å²) in [6.45, 7) is 0. The van der Waals surface area contributed by atoms with Crippen LogP contribution in [0.2, 0.25) is 0 Å². The van der Waals surface area contributed by atoms with Crippen LogP contribution >= 0.6 is 0 Å². The summed E-state index contributed by atoms with van der Waals surface area (Å²) >= 11 is 0. The van der Waals surface area contributed by atoms with Crippen molar-refractivity contribution in [3.63, 3.8) is 0 Å². The molecule has 0 aliphatic heterocycles. The van der Waals surface area contributed by atoms with Gasteiger partial charge in [-0.05, 0) is 23.3 Å². The van der Waals surface area contributed by atoms with Crippen molar-refractivity contribution in [2.24, 2.45) is 0 Å². The molecule has 90 valence electrons. The Morgan fingerprint density at radius 3 is 2.61 bits per heavy atom. The molecular weight excluding hydrogens is 228 g/mol. The summed E-state index contributed by atoms with van der Waals surface area (Å²) in [4.78, 5) is 22.4. The zero-order valence-electron chi connectivity index (χ0n) is 9.92. The van der Waals surface area contributed by atoms with E-state index in [0.717, 1.165) is 17.4 Å². The van der Waals surface area contributed by atoms with E-state index in [9.17, 15) is 9.59 Å². The molecule has 0 amide bonds. The zero-order chi connectivity index (χ0) is 13.0. The molecule has 0 aliphatic carbocycles. The Kier molecular flexibility index (Phi) is 3.53. The zero-order valence-corrected chi connectivity index (χ0v) is 9.92. The summed E-state index contributed by atoms with van der Waals surface area (Å²) < 4.78 is 4.68. The van der Waals surface area contributed by atoms with Crippen LogP contribution in [0.1, 0.15) is 20.7 Å². The second-order valence-electron chi connectivity index (χ2n) is 3.78. The van der Waals surface area contributed by atoms with E-state index < -0.39 is 0 Å². The van der Waals surface area contributed by atoms with Gasteiger partial charge >= 0.3 is 5.97 Å². The van der Waals surface area contributed by atoms with Crippen LogP contribution in [0.3, 0.4) is 0 Å². The summed E-state index contributed by atoms with van der Waals surface area (Å²) in [7, 11) is 1.34. The van der Waals surface area contributed by atoms with Gasteiger partial charge in [-0.25, -0.2) is 4.79 Å². The van der Waals surface area contributed by atoms with E-state index in [1.807, 2.05) is 18.2 Å². The van der Waals surface area contributed by atoms with Crippen molar-refractivity contribution in [3.05, 3.63) is 59.7 Å². The standard InChI is InChI=1S/C15H12O3/c1-18-15(17)12-7-4-6-11(9-12)14-8-3-2-5-13(14)10-16/h2-10H,1H3. The molecule has 0 saturated heterocycles. The first-order valence-electron chi connectivity index (χ1n) is 5.49. The van der Waals surface area contributed by atoms with Gasteiger partial charge in [0.25, 0.3) is 0 Å². The van der Waals surface area contributed by atoms with Crippen LogP contribution in [-0.2, 0) is 4.74 Å². The van der Waals surface area contributed by atoms with Crippen molar-refractivity contribution in [1.29, 1.82) is 0 Å². The quantitative estimate of drug-likeness (QED) is 0.612. The van der Waals surface area contributed by atoms with Gasteiger partial charge in [0.15, 0.2) is 6.29 Å². The average Bonchev–Trinajstić information content (AvgIpc) is 2.46. The van der Waals surface area contributed by atoms with E-state index in [2.05, 4.69) is 4.74 Å². The molecule has 0 unspecified atom stereocenters. The third-order valence-corrected chi connectivity index (χ3v) is 2.68. The van der Waals surface area contributed by atoms with E-state index >= 15 is 0 Å². The highest BCUT2D eigenvalue weighted by atomic mass is 16.5. The van der Waals surface area contributed by atoms with Gasteiger partial charge in [0.05, 0.1) is 12.7 Å². The molecule has 2 aromatic carbocycles. The number of methoxy groups -OCH3 is 1. The first kappa shape index (κ1) is 12.0. The normalized spacial score (nSPS) is 9.83. The number of hydrogen-bond donors (Lipinski definition) is 0. The Morgan fingerprint density at radius 2 is 1.89 bits per heavy atom. The molecule has 0 N–H and O–H groups in total. The van der Waals surface area contributed by atoms with Crippen LogP contribution in [0.15, 0.2) is 48.5 Å². The smallest absolute Gasteiger partial charge is 0.337 e. The molecule has 0 aromatic heterocycles. The summed E-state index contributed by atoms with van der Waals surface area (Å²) in [5.41, 5.74) is 2.69. The maximum Gasteiger partial charge on any atom is 0.337 e. The molecule has 18 heavy (non-hydrogen) atoms. The van der Waals surface area contributed by atoms with E-state index in [4.69, 9.17) is 0 Å². The molecule has 0 bridgehead atoms. The number of carbonyl (C=O) groups excluding carboxylic acids is 2. The summed E-state index contributed by atoms with van der Waals surface area (Å²) in [5.74, 6) is -0.388. The second-order valence-corrected chi connectivity index (χ2v) is 3.78. The van der Waals surface area contributed by atoms with Crippen LogP contribution in [0.5, 0.6) is 0 Å². The number of benzene rings is 2. The Morgan fingerprint density at radius 1 is 1.11 bits per heavy atom. The largest absolute Gasteiger partial charge is 0.465 e.